The summed E-state index contributed by atoms with van der Waals surface area (Å²) in [6.07, 6.45) is 3.99. The lowest BCUT2D eigenvalue weighted by Gasteiger charge is -2.14. The Bertz CT molecular complexity index is 1120. The molecule has 1 aliphatic rings. The lowest BCUT2D eigenvalue weighted by Crippen LogP contribution is -2.31. The average Bonchev–Trinajstić information content (AvgIpc) is 3.01. The highest BCUT2D eigenvalue weighted by Gasteiger charge is 2.34. The van der Waals surface area contributed by atoms with Gasteiger partial charge in [0.05, 0.1) is 11.1 Å². The van der Waals surface area contributed by atoms with Crippen LogP contribution in [0.3, 0.4) is 0 Å². The van der Waals surface area contributed by atoms with E-state index in [4.69, 9.17) is 0 Å². The fraction of sp³-hybridized carbons (Fsp3) is 0.174. The molecule has 3 aromatic rings. The maximum atomic E-state index is 12.4. The monoisotopic (exact) mass is 432 g/mol. The Kier molecular flexibility index (Phi) is 6.08. The SMILES string of the molecule is Cc1cc(Sc2ncccn2)ccc1NC(=O)CCCN1C(=O)c2ccccc2C1=O. The van der Waals surface area contributed by atoms with Gasteiger partial charge in [0, 0.05) is 35.9 Å². The van der Waals surface area contributed by atoms with Crippen molar-refractivity contribution in [2.24, 2.45) is 0 Å². The average molecular weight is 433 g/mol. The van der Waals surface area contributed by atoms with Crippen molar-refractivity contribution in [1.82, 2.24) is 14.9 Å². The summed E-state index contributed by atoms with van der Waals surface area (Å²) in [7, 11) is 0. The van der Waals surface area contributed by atoms with E-state index in [1.807, 2.05) is 25.1 Å². The van der Waals surface area contributed by atoms with Crippen molar-refractivity contribution in [3.05, 3.63) is 77.6 Å². The Morgan fingerprint density at radius 3 is 2.32 bits per heavy atom. The number of nitrogens with zero attached hydrogens (tertiary/aromatic N) is 3. The van der Waals surface area contributed by atoms with Crippen LogP contribution in [0.1, 0.15) is 39.1 Å². The molecular weight excluding hydrogens is 412 g/mol. The molecule has 1 N–H and O–H groups in total. The van der Waals surface area contributed by atoms with Crippen LogP contribution >= 0.6 is 11.8 Å². The van der Waals surface area contributed by atoms with Crippen LogP contribution in [0.2, 0.25) is 0 Å². The van der Waals surface area contributed by atoms with Crippen LogP contribution in [-0.2, 0) is 4.79 Å². The molecule has 3 amide bonds. The number of hydrogen-bond acceptors (Lipinski definition) is 6. The predicted octanol–water partition coefficient (Wildman–Crippen LogP) is 3.95. The smallest absolute Gasteiger partial charge is 0.261 e. The number of aryl methyl sites for hydroxylation is 1. The summed E-state index contributed by atoms with van der Waals surface area (Å²) in [6.45, 7) is 2.13. The normalized spacial score (nSPS) is 12.7. The molecule has 0 saturated carbocycles. The van der Waals surface area contributed by atoms with Crippen LogP contribution in [0.25, 0.3) is 0 Å². The molecule has 0 saturated heterocycles. The Balaban J connectivity index is 1.29. The molecule has 7 nitrogen and oxygen atoms in total. The van der Waals surface area contributed by atoms with Gasteiger partial charge in [-0.3, -0.25) is 19.3 Å². The molecule has 2 aromatic carbocycles. The first kappa shape index (κ1) is 20.7. The first-order valence-electron chi connectivity index (χ1n) is 9.83. The van der Waals surface area contributed by atoms with E-state index >= 15 is 0 Å². The Morgan fingerprint density at radius 1 is 1.00 bits per heavy atom. The number of hydrogen-bond donors (Lipinski definition) is 1. The van der Waals surface area contributed by atoms with E-state index in [1.165, 1.54) is 16.7 Å². The number of rotatable bonds is 7. The van der Waals surface area contributed by atoms with Gasteiger partial charge >= 0.3 is 0 Å². The number of carbonyl (C=O) groups excluding carboxylic acids is 3. The molecule has 0 radical (unpaired) electrons. The Hall–Kier alpha value is -3.52. The largest absolute Gasteiger partial charge is 0.326 e. The van der Waals surface area contributed by atoms with Crippen molar-refractivity contribution < 1.29 is 14.4 Å². The topological polar surface area (TPSA) is 92.3 Å². The number of imide groups is 1. The third-order valence-corrected chi connectivity index (χ3v) is 5.77. The lowest BCUT2D eigenvalue weighted by molar-refractivity contribution is -0.116. The van der Waals surface area contributed by atoms with E-state index in [0.717, 1.165) is 16.1 Å². The maximum Gasteiger partial charge on any atom is 0.261 e. The van der Waals surface area contributed by atoms with Gasteiger partial charge < -0.3 is 5.32 Å². The maximum absolute atomic E-state index is 12.4. The van der Waals surface area contributed by atoms with Gasteiger partial charge in [-0.15, -0.1) is 0 Å². The Labute approximate surface area is 183 Å². The first-order chi connectivity index (χ1) is 15.0. The highest BCUT2D eigenvalue weighted by molar-refractivity contribution is 7.99. The van der Waals surface area contributed by atoms with Gasteiger partial charge in [-0.05, 0) is 67.1 Å². The van der Waals surface area contributed by atoms with Gasteiger partial charge in [0.2, 0.25) is 5.91 Å². The van der Waals surface area contributed by atoms with Crippen molar-refractivity contribution in [2.75, 3.05) is 11.9 Å². The molecule has 0 bridgehead atoms. The Morgan fingerprint density at radius 2 is 1.68 bits per heavy atom. The molecule has 0 fully saturated rings. The van der Waals surface area contributed by atoms with Gasteiger partial charge in [0.25, 0.3) is 11.8 Å². The van der Waals surface area contributed by atoms with E-state index in [-0.39, 0.29) is 30.7 Å². The van der Waals surface area contributed by atoms with Crippen LogP contribution in [0.15, 0.2) is 71.0 Å². The lowest BCUT2D eigenvalue weighted by atomic mass is 10.1. The number of nitrogens with one attached hydrogen (secondary N) is 1. The molecule has 1 aromatic heterocycles. The van der Waals surface area contributed by atoms with Crippen LogP contribution in [-0.4, -0.2) is 39.1 Å². The minimum Gasteiger partial charge on any atom is -0.326 e. The summed E-state index contributed by atoms with van der Waals surface area (Å²) >= 11 is 1.45. The summed E-state index contributed by atoms with van der Waals surface area (Å²) in [5, 5.41) is 3.56. The summed E-state index contributed by atoms with van der Waals surface area (Å²) in [6, 6.07) is 14.3. The highest BCUT2D eigenvalue weighted by atomic mass is 32.2. The molecular formula is C23H20N4O3S. The second-order valence-corrected chi connectivity index (χ2v) is 8.11. The molecule has 156 valence electrons. The third-order valence-electron chi connectivity index (χ3n) is 4.89. The molecule has 0 unspecified atom stereocenters. The predicted molar refractivity (Wildman–Crippen MR) is 117 cm³/mol. The van der Waals surface area contributed by atoms with E-state index in [1.54, 1.807) is 42.7 Å². The standard InChI is InChI=1S/C23H20N4O3S/c1-15-14-16(31-23-24-11-5-12-25-23)9-10-19(15)26-20(28)8-4-13-27-21(29)17-6-2-3-7-18(17)22(27)30/h2-3,5-7,9-12,14H,4,8,13H2,1H3,(H,26,28). The third kappa shape index (κ3) is 4.64. The van der Waals surface area contributed by atoms with Gasteiger partial charge in [-0.1, -0.05) is 12.1 Å². The van der Waals surface area contributed by atoms with Crippen molar-refractivity contribution in [3.8, 4) is 0 Å². The molecule has 8 heteroatoms. The summed E-state index contributed by atoms with van der Waals surface area (Å²) in [5.74, 6) is -0.758. The molecule has 4 rings (SSSR count). The van der Waals surface area contributed by atoms with Crippen molar-refractivity contribution in [2.45, 2.75) is 29.8 Å². The number of amides is 3. The van der Waals surface area contributed by atoms with E-state index in [9.17, 15) is 14.4 Å². The zero-order chi connectivity index (χ0) is 21.8. The fourth-order valence-corrected chi connectivity index (χ4v) is 4.15. The minimum atomic E-state index is -0.299. The summed E-state index contributed by atoms with van der Waals surface area (Å²) in [4.78, 5) is 47.7. The number of benzene rings is 2. The quantitative estimate of drug-likeness (QED) is 0.449. The molecule has 2 heterocycles. The number of aromatic nitrogens is 2. The zero-order valence-corrected chi connectivity index (χ0v) is 17.7. The van der Waals surface area contributed by atoms with Crippen LogP contribution in [0.4, 0.5) is 5.69 Å². The number of anilines is 1. The van der Waals surface area contributed by atoms with Gasteiger partial charge in [-0.2, -0.15) is 0 Å². The second kappa shape index (κ2) is 9.09. The minimum absolute atomic E-state index is 0.161. The highest BCUT2D eigenvalue weighted by Crippen LogP contribution is 2.28. The zero-order valence-electron chi connectivity index (χ0n) is 16.9. The van der Waals surface area contributed by atoms with Crippen LogP contribution < -0.4 is 5.32 Å². The van der Waals surface area contributed by atoms with Crippen molar-refractivity contribution in [1.29, 1.82) is 0 Å². The van der Waals surface area contributed by atoms with Gasteiger partial charge in [-0.25, -0.2) is 9.97 Å². The second-order valence-electron chi connectivity index (χ2n) is 7.07. The van der Waals surface area contributed by atoms with Crippen molar-refractivity contribution >= 4 is 35.2 Å². The van der Waals surface area contributed by atoms with E-state index in [0.29, 0.717) is 22.7 Å². The molecule has 0 atom stereocenters. The number of fused-ring (bicyclic) bond motifs is 1. The summed E-state index contributed by atoms with van der Waals surface area (Å²) < 4.78 is 0. The first-order valence-corrected chi connectivity index (χ1v) is 10.6. The van der Waals surface area contributed by atoms with Crippen molar-refractivity contribution in [3.63, 3.8) is 0 Å². The van der Waals surface area contributed by atoms with Gasteiger partial charge in [0.1, 0.15) is 0 Å². The van der Waals surface area contributed by atoms with Crippen LogP contribution in [0, 0.1) is 6.92 Å². The van der Waals surface area contributed by atoms with E-state index in [2.05, 4.69) is 15.3 Å². The molecule has 1 aliphatic heterocycles. The molecule has 0 spiro atoms. The van der Waals surface area contributed by atoms with Crippen LogP contribution in [0.5, 0.6) is 0 Å². The molecule has 0 aliphatic carbocycles. The van der Waals surface area contributed by atoms with Gasteiger partial charge in [0.15, 0.2) is 5.16 Å². The fourth-order valence-electron chi connectivity index (χ4n) is 3.34. The van der Waals surface area contributed by atoms with E-state index < -0.39 is 0 Å². The number of carbonyl (C=O) groups is 3. The summed E-state index contributed by atoms with van der Waals surface area (Å²) in [5.41, 5.74) is 2.50. The molecule has 31 heavy (non-hydrogen) atoms.